The molecule has 0 spiro atoms. The highest BCUT2D eigenvalue weighted by molar-refractivity contribution is 6.05. The van der Waals surface area contributed by atoms with Gasteiger partial charge in [0, 0.05) is 24.7 Å². The summed E-state index contributed by atoms with van der Waals surface area (Å²) in [6.07, 6.45) is 2.04. The normalized spacial score (nSPS) is 10.6. The fraction of sp³-hybridized carbons (Fsp3) is 0.353. The van der Waals surface area contributed by atoms with E-state index in [0.717, 1.165) is 10.9 Å². The van der Waals surface area contributed by atoms with Crippen LogP contribution in [0.5, 0.6) is 0 Å². The van der Waals surface area contributed by atoms with Crippen molar-refractivity contribution < 1.29 is 4.79 Å². The molecule has 1 amide bonds. The number of pyridine rings is 1. The smallest absolute Gasteiger partial charge is 0.256 e. The summed E-state index contributed by atoms with van der Waals surface area (Å²) >= 11 is 0. The van der Waals surface area contributed by atoms with Crippen molar-refractivity contribution in [1.29, 1.82) is 5.26 Å². The molecule has 1 heterocycles. The Morgan fingerprint density at radius 2 is 2.10 bits per heavy atom. The maximum atomic E-state index is 12.8. The van der Waals surface area contributed by atoms with E-state index in [0.29, 0.717) is 31.0 Å². The first-order valence-corrected chi connectivity index (χ1v) is 7.13. The fourth-order valence-corrected chi connectivity index (χ4v) is 2.35. The predicted molar refractivity (Wildman–Crippen MR) is 82.7 cm³/mol. The topological polar surface area (TPSA) is 57.0 Å². The summed E-state index contributed by atoms with van der Waals surface area (Å²) in [6.45, 7) is 5.22. The van der Waals surface area contributed by atoms with Crippen LogP contribution in [0.1, 0.15) is 30.6 Å². The summed E-state index contributed by atoms with van der Waals surface area (Å²) in [5, 5.41) is 9.73. The molecule has 0 saturated carbocycles. The highest BCUT2D eigenvalue weighted by Gasteiger charge is 2.19. The molecule has 0 bridgehead atoms. The monoisotopic (exact) mass is 281 g/mol. The van der Waals surface area contributed by atoms with Gasteiger partial charge >= 0.3 is 0 Å². The Balaban J connectivity index is 2.36. The number of carbonyl (C=O) groups excluding carboxylic acids is 1. The van der Waals surface area contributed by atoms with Crippen molar-refractivity contribution in [3.05, 3.63) is 42.1 Å². The van der Waals surface area contributed by atoms with Crippen LogP contribution in [0.15, 0.2) is 36.5 Å². The molecular weight excluding hydrogens is 262 g/mol. The van der Waals surface area contributed by atoms with Gasteiger partial charge in [0.05, 0.1) is 23.6 Å². The molecule has 0 aliphatic rings. The van der Waals surface area contributed by atoms with Crippen molar-refractivity contribution in [2.24, 2.45) is 5.92 Å². The second-order valence-electron chi connectivity index (χ2n) is 5.43. The number of fused-ring (bicyclic) bond motifs is 1. The lowest BCUT2D eigenvalue weighted by Crippen LogP contribution is -2.35. The van der Waals surface area contributed by atoms with Gasteiger partial charge in [-0.1, -0.05) is 32.0 Å². The summed E-state index contributed by atoms with van der Waals surface area (Å²) in [7, 11) is 0. The minimum absolute atomic E-state index is 0.0525. The molecule has 0 aliphatic heterocycles. The zero-order valence-electron chi connectivity index (χ0n) is 12.4. The standard InChI is InChI=1S/C17H19N3O/c1-13(2)12-20(11-5-9-18)17(21)15-8-3-6-14-7-4-10-19-16(14)15/h3-4,6-8,10,13H,5,11-12H2,1-2H3. The van der Waals surface area contributed by atoms with Gasteiger partial charge < -0.3 is 4.90 Å². The molecule has 2 rings (SSSR count). The average molecular weight is 281 g/mol. The lowest BCUT2D eigenvalue weighted by Gasteiger charge is -2.24. The number of amides is 1. The van der Waals surface area contributed by atoms with Gasteiger partial charge in [0.25, 0.3) is 5.91 Å². The van der Waals surface area contributed by atoms with Crippen LogP contribution in [0, 0.1) is 17.2 Å². The molecule has 2 aromatic rings. The van der Waals surface area contributed by atoms with Crippen LogP contribution >= 0.6 is 0 Å². The Morgan fingerprint density at radius 1 is 1.33 bits per heavy atom. The first kappa shape index (κ1) is 15.0. The number of para-hydroxylation sites is 1. The SMILES string of the molecule is CC(C)CN(CCC#N)C(=O)c1cccc2cccnc12. The summed E-state index contributed by atoms with van der Waals surface area (Å²) in [4.78, 5) is 18.9. The zero-order chi connectivity index (χ0) is 15.2. The molecule has 0 aliphatic carbocycles. The van der Waals surface area contributed by atoms with E-state index in [1.807, 2.05) is 24.3 Å². The van der Waals surface area contributed by atoms with E-state index in [1.165, 1.54) is 0 Å². The predicted octanol–water partition coefficient (Wildman–Crippen LogP) is 3.25. The number of hydrogen-bond donors (Lipinski definition) is 0. The minimum atomic E-state index is -0.0525. The molecule has 0 saturated heterocycles. The fourth-order valence-electron chi connectivity index (χ4n) is 2.35. The van der Waals surface area contributed by atoms with Gasteiger partial charge in [0.1, 0.15) is 0 Å². The van der Waals surface area contributed by atoms with Crippen LogP contribution in [-0.2, 0) is 0 Å². The van der Waals surface area contributed by atoms with Crippen LogP contribution in [0.3, 0.4) is 0 Å². The van der Waals surface area contributed by atoms with Gasteiger partial charge in [-0.15, -0.1) is 0 Å². The van der Waals surface area contributed by atoms with Crippen molar-refractivity contribution in [2.75, 3.05) is 13.1 Å². The van der Waals surface area contributed by atoms with Crippen molar-refractivity contribution in [2.45, 2.75) is 20.3 Å². The van der Waals surface area contributed by atoms with E-state index in [1.54, 1.807) is 17.2 Å². The van der Waals surface area contributed by atoms with Gasteiger partial charge in [-0.2, -0.15) is 5.26 Å². The van der Waals surface area contributed by atoms with Crippen molar-refractivity contribution in [3.63, 3.8) is 0 Å². The van der Waals surface area contributed by atoms with Gasteiger partial charge in [-0.3, -0.25) is 9.78 Å². The van der Waals surface area contributed by atoms with Crippen LogP contribution in [0.4, 0.5) is 0 Å². The summed E-state index contributed by atoms with van der Waals surface area (Å²) in [6, 6.07) is 11.5. The number of nitriles is 1. The van der Waals surface area contributed by atoms with Crippen molar-refractivity contribution in [1.82, 2.24) is 9.88 Å². The molecule has 1 aromatic heterocycles. The third-order valence-corrected chi connectivity index (χ3v) is 3.23. The first-order chi connectivity index (χ1) is 10.1. The molecular formula is C17H19N3O. The van der Waals surface area contributed by atoms with E-state index < -0.39 is 0 Å². The maximum absolute atomic E-state index is 12.8. The molecule has 4 nitrogen and oxygen atoms in total. The molecule has 0 unspecified atom stereocenters. The Hall–Kier alpha value is -2.41. The lowest BCUT2D eigenvalue weighted by atomic mass is 10.1. The minimum Gasteiger partial charge on any atom is -0.337 e. The zero-order valence-corrected chi connectivity index (χ0v) is 12.4. The summed E-state index contributed by atoms with van der Waals surface area (Å²) in [5.74, 6) is 0.304. The number of carbonyl (C=O) groups is 1. The Labute approximate surface area is 125 Å². The summed E-state index contributed by atoms with van der Waals surface area (Å²) < 4.78 is 0. The number of rotatable bonds is 5. The van der Waals surface area contributed by atoms with Crippen LogP contribution < -0.4 is 0 Å². The molecule has 0 atom stereocenters. The molecule has 0 N–H and O–H groups in total. The average Bonchev–Trinajstić information content (AvgIpc) is 2.50. The number of hydrogen-bond acceptors (Lipinski definition) is 3. The van der Waals surface area contributed by atoms with Crippen molar-refractivity contribution >= 4 is 16.8 Å². The Bertz CT molecular complexity index is 668. The maximum Gasteiger partial charge on any atom is 0.256 e. The molecule has 21 heavy (non-hydrogen) atoms. The summed E-state index contributed by atoms with van der Waals surface area (Å²) in [5.41, 5.74) is 1.32. The Morgan fingerprint density at radius 3 is 2.81 bits per heavy atom. The molecule has 108 valence electrons. The number of nitrogens with zero attached hydrogens (tertiary/aromatic N) is 3. The number of benzene rings is 1. The lowest BCUT2D eigenvalue weighted by molar-refractivity contribution is 0.0741. The third kappa shape index (κ3) is 3.57. The molecule has 1 aromatic carbocycles. The molecule has 0 radical (unpaired) electrons. The highest BCUT2D eigenvalue weighted by atomic mass is 16.2. The van der Waals surface area contributed by atoms with Gasteiger partial charge in [0.2, 0.25) is 0 Å². The van der Waals surface area contributed by atoms with E-state index in [4.69, 9.17) is 5.26 Å². The second-order valence-corrected chi connectivity index (χ2v) is 5.43. The quantitative estimate of drug-likeness (QED) is 0.845. The first-order valence-electron chi connectivity index (χ1n) is 7.13. The van der Waals surface area contributed by atoms with Crippen molar-refractivity contribution in [3.8, 4) is 6.07 Å². The van der Waals surface area contributed by atoms with Gasteiger partial charge in [-0.05, 0) is 18.1 Å². The highest BCUT2D eigenvalue weighted by Crippen LogP contribution is 2.18. The van der Waals surface area contributed by atoms with Gasteiger partial charge in [-0.25, -0.2) is 0 Å². The molecule has 4 heteroatoms. The van der Waals surface area contributed by atoms with Crippen LogP contribution in [0.25, 0.3) is 10.9 Å². The van der Waals surface area contributed by atoms with Crippen LogP contribution in [-0.4, -0.2) is 28.9 Å². The van der Waals surface area contributed by atoms with Crippen LogP contribution in [0.2, 0.25) is 0 Å². The van der Waals surface area contributed by atoms with E-state index in [2.05, 4.69) is 24.9 Å². The van der Waals surface area contributed by atoms with E-state index >= 15 is 0 Å². The number of aromatic nitrogens is 1. The second kappa shape index (κ2) is 6.85. The largest absolute Gasteiger partial charge is 0.337 e. The van der Waals surface area contributed by atoms with E-state index in [-0.39, 0.29) is 5.91 Å². The Kier molecular flexibility index (Phi) is 4.89. The van der Waals surface area contributed by atoms with E-state index in [9.17, 15) is 4.79 Å². The van der Waals surface area contributed by atoms with Gasteiger partial charge in [0.15, 0.2) is 0 Å². The third-order valence-electron chi connectivity index (χ3n) is 3.23. The molecule has 0 fully saturated rings.